The molecule has 1 heterocycles. The van der Waals surface area contributed by atoms with Crippen LogP contribution in [0.15, 0.2) is 42.5 Å². The van der Waals surface area contributed by atoms with Gasteiger partial charge >= 0.3 is 0 Å². The summed E-state index contributed by atoms with van der Waals surface area (Å²) in [5, 5.41) is 3.25. The van der Waals surface area contributed by atoms with Gasteiger partial charge in [0.05, 0.1) is 11.6 Å². The van der Waals surface area contributed by atoms with Crippen molar-refractivity contribution < 1.29 is 12.4 Å². The summed E-state index contributed by atoms with van der Waals surface area (Å²) in [6.45, 7) is 0. The van der Waals surface area contributed by atoms with Crippen molar-refractivity contribution in [1.29, 1.82) is 0 Å². The van der Waals surface area contributed by atoms with Crippen LogP contribution in [0.1, 0.15) is 0 Å². The van der Waals surface area contributed by atoms with Crippen LogP contribution in [0.25, 0.3) is 23.1 Å². The first kappa shape index (κ1) is 12.7. The van der Waals surface area contributed by atoms with E-state index in [0.29, 0.717) is 0 Å². The fourth-order valence-corrected chi connectivity index (χ4v) is 1.65. The standard InChI is InChI=1S/C13H8N.2ClH/c1-3-7-12-10(5-1)9-11-6-2-4-8-13(11)14-12;;/h1-5,7-9H;2*1H/q+1;;/p-1. The van der Waals surface area contributed by atoms with Crippen molar-refractivity contribution in [2.24, 2.45) is 0 Å². The van der Waals surface area contributed by atoms with Crippen LogP contribution in [0.3, 0.4) is 0 Å². The lowest BCUT2D eigenvalue weighted by Gasteiger charge is -1.92. The molecule has 0 fully saturated rings. The maximum absolute atomic E-state index is 4.55. The van der Waals surface area contributed by atoms with E-state index < -0.39 is 0 Å². The number of hydrogen-bond donors (Lipinski definition) is 0. The van der Waals surface area contributed by atoms with Gasteiger partial charge in [-0.15, -0.1) is 12.4 Å². The highest BCUT2D eigenvalue weighted by Crippen LogP contribution is 2.05. The Morgan fingerprint density at radius 3 is 2.81 bits per heavy atom. The third-order valence-electron chi connectivity index (χ3n) is 2.34. The fraction of sp³-hybridized carbons (Fsp3) is 0. The number of benzene rings is 1. The van der Waals surface area contributed by atoms with E-state index in [2.05, 4.69) is 23.2 Å². The maximum atomic E-state index is 4.55. The summed E-state index contributed by atoms with van der Waals surface area (Å²) in [7, 11) is 0. The fourth-order valence-electron chi connectivity index (χ4n) is 1.65. The first-order valence-corrected chi connectivity index (χ1v) is 4.60. The Kier molecular flexibility index (Phi) is 4.03. The molecule has 1 aromatic carbocycles. The van der Waals surface area contributed by atoms with Crippen molar-refractivity contribution >= 4 is 35.5 Å². The number of hydrogen-bond acceptors (Lipinski definition) is 1. The second kappa shape index (κ2) is 5.09. The van der Waals surface area contributed by atoms with E-state index in [4.69, 9.17) is 0 Å². The van der Waals surface area contributed by atoms with Gasteiger partial charge in [-0.05, 0) is 12.1 Å². The van der Waals surface area contributed by atoms with Gasteiger partial charge < -0.3 is 12.4 Å². The Morgan fingerprint density at radius 2 is 1.94 bits per heavy atom. The summed E-state index contributed by atoms with van der Waals surface area (Å²) in [6, 6.07) is 10.3. The van der Waals surface area contributed by atoms with Gasteiger partial charge in [0.1, 0.15) is 0 Å². The minimum absolute atomic E-state index is 0. The molecule has 1 aromatic heterocycles. The van der Waals surface area contributed by atoms with Crippen LogP contribution < -0.4 is 23.0 Å². The van der Waals surface area contributed by atoms with Gasteiger partial charge in [0.15, 0.2) is 10.6 Å². The van der Waals surface area contributed by atoms with E-state index in [0.717, 1.165) is 16.1 Å². The molecule has 16 heavy (non-hydrogen) atoms. The van der Waals surface area contributed by atoms with Crippen molar-refractivity contribution in [2.75, 3.05) is 0 Å². The highest BCUT2D eigenvalue weighted by molar-refractivity contribution is 5.85. The van der Waals surface area contributed by atoms with Gasteiger partial charge in [-0.3, -0.25) is 0 Å². The van der Waals surface area contributed by atoms with Gasteiger partial charge in [-0.1, -0.05) is 12.1 Å². The lowest BCUT2D eigenvalue weighted by atomic mass is 10.1. The van der Waals surface area contributed by atoms with Crippen LogP contribution in [0.4, 0.5) is 0 Å². The SMILES string of the molecule is Cl.[C+]1=c2cc3ccccc3nc2=CC=C1.[Cl-]. The summed E-state index contributed by atoms with van der Waals surface area (Å²) in [5.74, 6) is 0. The van der Waals surface area contributed by atoms with Crippen LogP contribution in [-0.2, 0) is 0 Å². The Bertz CT molecular complexity index is 588. The largest absolute Gasteiger partial charge is 1.00 e. The second-order valence-electron chi connectivity index (χ2n) is 3.28. The van der Waals surface area contributed by atoms with E-state index in [1.54, 1.807) is 0 Å². The lowest BCUT2D eigenvalue weighted by molar-refractivity contribution is -0.00000286. The highest BCUT2D eigenvalue weighted by Gasteiger charge is 2.02. The first-order valence-electron chi connectivity index (χ1n) is 4.60. The lowest BCUT2D eigenvalue weighted by Crippen LogP contribution is -3.00. The third-order valence-corrected chi connectivity index (χ3v) is 2.34. The molecule has 0 N–H and O–H groups in total. The van der Waals surface area contributed by atoms with Gasteiger partial charge in [0.25, 0.3) is 0 Å². The zero-order chi connectivity index (χ0) is 9.38. The predicted molar refractivity (Wildman–Crippen MR) is 65.3 cm³/mol. The van der Waals surface area contributed by atoms with Crippen LogP contribution in [0, 0.1) is 0 Å². The molecule has 0 saturated carbocycles. The van der Waals surface area contributed by atoms with Crippen LogP contribution in [-0.4, -0.2) is 4.98 Å². The van der Waals surface area contributed by atoms with Crippen molar-refractivity contribution in [2.45, 2.75) is 0 Å². The second-order valence-corrected chi connectivity index (χ2v) is 3.28. The summed E-state index contributed by atoms with van der Waals surface area (Å²) in [5.41, 5.74) is 1.04. The minimum Gasteiger partial charge on any atom is -1.00 e. The average Bonchev–Trinajstić information content (AvgIpc) is 2.26. The summed E-state index contributed by atoms with van der Waals surface area (Å²) in [6.07, 6.45) is 9.07. The van der Waals surface area contributed by atoms with E-state index in [-0.39, 0.29) is 24.8 Å². The molecule has 3 rings (SSSR count). The molecule has 0 radical (unpaired) electrons. The molecule has 3 heteroatoms. The Morgan fingerprint density at radius 1 is 1.12 bits per heavy atom. The zero-order valence-electron chi connectivity index (χ0n) is 8.35. The third kappa shape index (κ3) is 2.07. The average molecular weight is 250 g/mol. The molecule has 1 nitrogen and oxygen atoms in total. The molecule has 0 amide bonds. The van der Waals surface area contributed by atoms with E-state index >= 15 is 0 Å². The zero-order valence-corrected chi connectivity index (χ0v) is 9.92. The summed E-state index contributed by atoms with van der Waals surface area (Å²) >= 11 is 0. The molecule has 0 atom stereocenters. The molecule has 0 unspecified atom stereocenters. The number of fused-ring (bicyclic) bond motifs is 2. The molecular formula is C13H9Cl2N. The molecule has 1 aliphatic rings. The Labute approximate surface area is 106 Å². The smallest absolute Gasteiger partial charge is 0.174 e. The van der Waals surface area contributed by atoms with Crippen LogP contribution >= 0.6 is 12.4 Å². The van der Waals surface area contributed by atoms with Crippen molar-refractivity contribution in [1.82, 2.24) is 4.98 Å². The Balaban J connectivity index is 0.000000640. The number of nitrogens with zero attached hydrogens (tertiary/aromatic N) is 1. The van der Waals surface area contributed by atoms with E-state index in [1.165, 1.54) is 5.39 Å². The molecular weight excluding hydrogens is 241 g/mol. The van der Waals surface area contributed by atoms with Crippen molar-refractivity contribution in [3.63, 3.8) is 0 Å². The minimum atomic E-state index is 0. The molecule has 80 valence electrons. The van der Waals surface area contributed by atoms with E-state index in [1.807, 2.05) is 36.4 Å². The quantitative estimate of drug-likeness (QED) is 0.528. The van der Waals surface area contributed by atoms with Crippen LogP contribution in [0.2, 0.25) is 0 Å². The number of para-hydroxylation sites is 1. The summed E-state index contributed by atoms with van der Waals surface area (Å²) in [4.78, 5) is 4.55. The first-order chi connectivity index (χ1) is 6.93. The maximum Gasteiger partial charge on any atom is 0.174 e. The number of rotatable bonds is 0. The molecule has 0 saturated heterocycles. The van der Waals surface area contributed by atoms with Gasteiger partial charge in [-0.25, -0.2) is 0 Å². The Hall–Kier alpha value is -1.40. The van der Waals surface area contributed by atoms with Gasteiger partial charge in [-0.2, -0.15) is 4.98 Å². The number of pyridine rings is 1. The van der Waals surface area contributed by atoms with Crippen molar-refractivity contribution in [3.8, 4) is 0 Å². The molecule has 1 aliphatic carbocycles. The highest BCUT2D eigenvalue weighted by atomic mass is 35.5. The monoisotopic (exact) mass is 249 g/mol. The van der Waals surface area contributed by atoms with Crippen LogP contribution in [0.5, 0.6) is 0 Å². The van der Waals surface area contributed by atoms with Gasteiger partial charge in [0, 0.05) is 29.7 Å². The number of halogens is 2. The predicted octanol–water partition coefficient (Wildman–Crippen LogP) is -1.33. The molecule has 0 spiro atoms. The summed E-state index contributed by atoms with van der Waals surface area (Å²) < 4.78 is 0. The molecule has 0 bridgehead atoms. The number of aromatic nitrogens is 1. The van der Waals surface area contributed by atoms with Crippen molar-refractivity contribution in [3.05, 3.63) is 53.1 Å². The normalized spacial score (nSPS) is 11.0. The molecule has 2 aromatic rings. The topological polar surface area (TPSA) is 12.9 Å². The number of allylic oxidation sites excluding steroid dienone is 2. The van der Waals surface area contributed by atoms with Gasteiger partial charge in [0.2, 0.25) is 0 Å². The van der Waals surface area contributed by atoms with E-state index in [9.17, 15) is 0 Å². The molecule has 0 aliphatic heterocycles.